The normalized spacial score (nSPS) is 31.0. The van der Waals surface area contributed by atoms with Crippen molar-refractivity contribution >= 4 is 6.79 Å². The van der Waals surface area contributed by atoms with Crippen LogP contribution in [0.5, 0.6) is 0 Å². The molecule has 10 heavy (non-hydrogen) atoms. The molecule has 60 valence electrons. The number of carbonyl (C=O) groups is 1. The molecule has 2 atom stereocenters. The minimum absolute atomic E-state index is 0.815. The molecule has 0 aromatic rings. The van der Waals surface area contributed by atoms with Gasteiger partial charge in [-0.2, -0.15) is 0 Å². The molecule has 1 N–H and O–H groups in total. The molecule has 1 aliphatic rings. The largest absolute Gasteiger partial charge is 0.317 e. The molecule has 0 radical (unpaired) electrons. The van der Waals surface area contributed by atoms with Crippen LogP contribution in [0.4, 0.5) is 0 Å². The van der Waals surface area contributed by atoms with Crippen molar-refractivity contribution in [2.45, 2.75) is 32.2 Å². The number of carbonyl (C=O) groups excluding carboxylic acids is 1. The Kier molecular flexibility index (Phi) is 5.22. The van der Waals surface area contributed by atoms with Crippen molar-refractivity contribution < 1.29 is 4.79 Å². The SMILES string of the molecule is C=O.CNC1CCCC1C. The zero-order valence-corrected chi connectivity index (χ0v) is 6.89. The molecule has 2 heteroatoms. The maximum Gasteiger partial charge on any atom is 0.106 e. The summed E-state index contributed by atoms with van der Waals surface area (Å²) in [5, 5.41) is 3.31. The van der Waals surface area contributed by atoms with E-state index in [-0.39, 0.29) is 0 Å². The number of hydrogen-bond donors (Lipinski definition) is 1. The first-order chi connectivity index (χ1) is 4.84. The Morgan fingerprint density at radius 1 is 1.40 bits per heavy atom. The average molecular weight is 143 g/mol. The van der Waals surface area contributed by atoms with Crippen LogP contribution in [0.25, 0.3) is 0 Å². The van der Waals surface area contributed by atoms with Gasteiger partial charge in [-0.1, -0.05) is 13.3 Å². The maximum atomic E-state index is 8.00. The van der Waals surface area contributed by atoms with E-state index in [2.05, 4.69) is 19.3 Å². The van der Waals surface area contributed by atoms with Crippen molar-refractivity contribution in [2.75, 3.05) is 7.05 Å². The van der Waals surface area contributed by atoms with Crippen molar-refractivity contribution in [3.05, 3.63) is 0 Å². The van der Waals surface area contributed by atoms with Gasteiger partial charge in [-0.3, -0.25) is 0 Å². The van der Waals surface area contributed by atoms with E-state index in [1.807, 2.05) is 6.79 Å². The lowest BCUT2D eigenvalue weighted by Crippen LogP contribution is -2.26. The predicted octanol–water partition coefficient (Wildman–Crippen LogP) is 1.21. The van der Waals surface area contributed by atoms with Gasteiger partial charge in [0.25, 0.3) is 0 Å². The van der Waals surface area contributed by atoms with E-state index in [4.69, 9.17) is 4.79 Å². The Bertz CT molecular complexity index is 85.3. The fourth-order valence-corrected chi connectivity index (χ4v) is 1.57. The van der Waals surface area contributed by atoms with Gasteiger partial charge in [0.15, 0.2) is 0 Å². The van der Waals surface area contributed by atoms with Crippen molar-refractivity contribution in [2.24, 2.45) is 5.92 Å². The lowest BCUT2D eigenvalue weighted by molar-refractivity contribution is -0.0979. The van der Waals surface area contributed by atoms with E-state index >= 15 is 0 Å². The van der Waals surface area contributed by atoms with Crippen molar-refractivity contribution in [1.82, 2.24) is 5.32 Å². The zero-order chi connectivity index (χ0) is 7.98. The molecular formula is C8H17NO. The van der Waals surface area contributed by atoms with Gasteiger partial charge < -0.3 is 10.1 Å². The highest BCUT2D eigenvalue weighted by molar-refractivity contribution is 5.10. The van der Waals surface area contributed by atoms with Gasteiger partial charge in [-0.05, 0) is 25.8 Å². The fourth-order valence-electron chi connectivity index (χ4n) is 1.57. The van der Waals surface area contributed by atoms with Gasteiger partial charge >= 0.3 is 0 Å². The monoisotopic (exact) mass is 143 g/mol. The molecule has 0 bridgehead atoms. The topological polar surface area (TPSA) is 29.1 Å². The van der Waals surface area contributed by atoms with E-state index < -0.39 is 0 Å². The Hall–Kier alpha value is -0.370. The van der Waals surface area contributed by atoms with Crippen LogP contribution in [0.3, 0.4) is 0 Å². The summed E-state index contributed by atoms with van der Waals surface area (Å²) in [5.41, 5.74) is 0. The minimum atomic E-state index is 0.815. The van der Waals surface area contributed by atoms with E-state index in [0.717, 1.165) is 12.0 Å². The van der Waals surface area contributed by atoms with Crippen LogP contribution in [-0.4, -0.2) is 19.9 Å². The first-order valence-electron chi connectivity index (χ1n) is 3.80. The number of hydrogen-bond acceptors (Lipinski definition) is 2. The summed E-state index contributed by atoms with van der Waals surface area (Å²) in [6.45, 7) is 4.33. The van der Waals surface area contributed by atoms with Crippen LogP contribution < -0.4 is 5.32 Å². The smallest absolute Gasteiger partial charge is 0.106 e. The second-order valence-corrected chi connectivity index (χ2v) is 2.80. The fraction of sp³-hybridized carbons (Fsp3) is 0.875. The third kappa shape index (κ3) is 2.48. The zero-order valence-electron chi connectivity index (χ0n) is 6.89. The maximum absolute atomic E-state index is 8.00. The molecule has 0 aromatic carbocycles. The Labute approximate surface area is 63.0 Å². The summed E-state index contributed by atoms with van der Waals surface area (Å²) in [6, 6.07) is 0.815. The summed E-state index contributed by atoms with van der Waals surface area (Å²) in [5.74, 6) is 0.917. The van der Waals surface area contributed by atoms with Crippen molar-refractivity contribution in [3.8, 4) is 0 Å². The van der Waals surface area contributed by atoms with Crippen LogP contribution >= 0.6 is 0 Å². The minimum Gasteiger partial charge on any atom is -0.317 e. The van der Waals surface area contributed by atoms with Gasteiger partial charge in [0.2, 0.25) is 0 Å². The van der Waals surface area contributed by atoms with Gasteiger partial charge in [0.05, 0.1) is 0 Å². The first-order valence-corrected chi connectivity index (χ1v) is 3.80. The number of nitrogens with one attached hydrogen (secondary N) is 1. The summed E-state index contributed by atoms with van der Waals surface area (Å²) in [7, 11) is 2.06. The highest BCUT2D eigenvalue weighted by atomic mass is 16.1. The average Bonchev–Trinajstić information content (AvgIpc) is 2.39. The number of rotatable bonds is 1. The van der Waals surface area contributed by atoms with Crippen LogP contribution in [0.15, 0.2) is 0 Å². The van der Waals surface area contributed by atoms with Gasteiger partial charge in [0.1, 0.15) is 6.79 Å². The molecule has 2 unspecified atom stereocenters. The third-order valence-corrected chi connectivity index (χ3v) is 2.23. The summed E-state index contributed by atoms with van der Waals surface area (Å²) in [4.78, 5) is 8.00. The molecule has 1 fully saturated rings. The Morgan fingerprint density at radius 3 is 2.20 bits per heavy atom. The Balaban J connectivity index is 0.000000371. The molecule has 1 saturated carbocycles. The molecule has 0 heterocycles. The molecule has 0 amide bonds. The van der Waals surface area contributed by atoms with E-state index in [1.165, 1.54) is 19.3 Å². The van der Waals surface area contributed by atoms with Crippen LogP contribution in [0, 0.1) is 5.92 Å². The van der Waals surface area contributed by atoms with Gasteiger partial charge in [0, 0.05) is 6.04 Å². The molecule has 1 aliphatic carbocycles. The van der Waals surface area contributed by atoms with E-state index in [1.54, 1.807) is 0 Å². The van der Waals surface area contributed by atoms with E-state index in [0.29, 0.717) is 0 Å². The van der Waals surface area contributed by atoms with E-state index in [9.17, 15) is 0 Å². The predicted molar refractivity (Wildman–Crippen MR) is 43.0 cm³/mol. The second kappa shape index (κ2) is 5.42. The first kappa shape index (κ1) is 9.63. The molecule has 0 saturated heterocycles. The van der Waals surface area contributed by atoms with Crippen LogP contribution in [0.2, 0.25) is 0 Å². The molecule has 2 nitrogen and oxygen atoms in total. The lowest BCUT2D eigenvalue weighted by Gasteiger charge is -2.12. The highest BCUT2D eigenvalue weighted by Gasteiger charge is 2.20. The summed E-state index contributed by atoms with van der Waals surface area (Å²) < 4.78 is 0. The van der Waals surface area contributed by atoms with Crippen molar-refractivity contribution in [3.63, 3.8) is 0 Å². The molecule has 0 aliphatic heterocycles. The standard InChI is InChI=1S/C7H15N.CH2O/c1-6-4-3-5-7(6)8-2;1-2/h6-8H,3-5H2,1-2H3;1H2. The van der Waals surface area contributed by atoms with Gasteiger partial charge in [-0.25, -0.2) is 0 Å². The molecule has 0 spiro atoms. The summed E-state index contributed by atoms with van der Waals surface area (Å²) >= 11 is 0. The third-order valence-electron chi connectivity index (χ3n) is 2.23. The van der Waals surface area contributed by atoms with Crippen LogP contribution in [0.1, 0.15) is 26.2 Å². The highest BCUT2D eigenvalue weighted by Crippen LogP contribution is 2.23. The van der Waals surface area contributed by atoms with Gasteiger partial charge in [-0.15, -0.1) is 0 Å². The van der Waals surface area contributed by atoms with Crippen LogP contribution in [-0.2, 0) is 4.79 Å². The van der Waals surface area contributed by atoms with Crippen molar-refractivity contribution in [1.29, 1.82) is 0 Å². The molecule has 0 aromatic heterocycles. The molecule has 1 rings (SSSR count). The second-order valence-electron chi connectivity index (χ2n) is 2.80. The molecular weight excluding hydrogens is 126 g/mol. The lowest BCUT2D eigenvalue weighted by atomic mass is 10.1. The summed E-state index contributed by atoms with van der Waals surface area (Å²) in [6.07, 6.45) is 4.23. The Morgan fingerprint density at radius 2 is 2.00 bits per heavy atom. The quantitative estimate of drug-likeness (QED) is 0.597.